The molecule has 1 amide bonds. The summed E-state index contributed by atoms with van der Waals surface area (Å²) in [5, 5.41) is 13.3. The Morgan fingerprint density at radius 1 is 1.32 bits per heavy atom. The van der Waals surface area contributed by atoms with Crippen molar-refractivity contribution in [1.82, 2.24) is 25.5 Å². The molecule has 0 spiro atoms. The first-order chi connectivity index (χ1) is 9.29. The van der Waals surface area contributed by atoms with E-state index in [4.69, 9.17) is 0 Å². The van der Waals surface area contributed by atoms with Gasteiger partial charge in [-0.15, -0.1) is 0 Å². The summed E-state index contributed by atoms with van der Waals surface area (Å²) in [6, 6.07) is 3.55. The van der Waals surface area contributed by atoms with Crippen molar-refractivity contribution < 1.29 is 4.79 Å². The van der Waals surface area contributed by atoms with Crippen molar-refractivity contribution in [2.75, 3.05) is 11.9 Å². The predicted molar refractivity (Wildman–Crippen MR) is 69.4 cm³/mol. The van der Waals surface area contributed by atoms with E-state index in [9.17, 15) is 4.79 Å². The van der Waals surface area contributed by atoms with Gasteiger partial charge in [-0.05, 0) is 19.1 Å². The summed E-state index contributed by atoms with van der Waals surface area (Å²) < 4.78 is 0. The molecule has 7 heteroatoms. The Hall–Kier alpha value is -2.57. The van der Waals surface area contributed by atoms with Gasteiger partial charge in [0.2, 0.25) is 0 Å². The third-order valence-electron chi connectivity index (χ3n) is 2.30. The predicted octanol–water partition coefficient (Wildman–Crippen LogP) is 0.628. The topological polar surface area (TPSA) is 92.7 Å². The van der Waals surface area contributed by atoms with Gasteiger partial charge in [0.05, 0.1) is 24.6 Å². The highest BCUT2D eigenvalue weighted by molar-refractivity contribution is 5.91. The van der Waals surface area contributed by atoms with E-state index >= 15 is 0 Å². The number of aromatic nitrogens is 4. The molecular formula is C12H14N6O. The normalized spacial score (nSPS) is 9.95. The van der Waals surface area contributed by atoms with Crippen LogP contribution in [-0.4, -0.2) is 32.6 Å². The molecule has 2 rings (SSSR count). The summed E-state index contributed by atoms with van der Waals surface area (Å²) in [6.07, 6.45) is 4.54. The van der Waals surface area contributed by atoms with Crippen molar-refractivity contribution in [3.05, 3.63) is 42.1 Å². The molecule has 0 atom stereocenters. The number of carbonyl (C=O) groups is 1. The minimum absolute atomic E-state index is 0.269. The quantitative estimate of drug-likeness (QED) is 0.817. The van der Waals surface area contributed by atoms with Crippen LogP contribution in [0.25, 0.3) is 0 Å². The van der Waals surface area contributed by atoms with Gasteiger partial charge in [-0.1, -0.05) is 0 Å². The number of nitrogens with zero attached hydrogens (tertiary/aromatic N) is 4. The van der Waals surface area contributed by atoms with E-state index in [1.807, 2.05) is 6.92 Å². The molecule has 0 saturated heterocycles. The first kappa shape index (κ1) is 12.9. The van der Waals surface area contributed by atoms with Crippen LogP contribution in [0.3, 0.4) is 0 Å². The molecular weight excluding hydrogens is 244 g/mol. The second-order valence-electron chi connectivity index (χ2n) is 3.71. The van der Waals surface area contributed by atoms with Gasteiger partial charge in [-0.3, -0.25) is 4.79 Å². The van der Waals surface area contributed by atoms with Crippen molar-refractivity contribution in [3.63, 3.8) is 0 Å². The first-order valence-electron chi connectivity index (χ1n) is 5.90. The van der Waals surface area contributed by atoms with Gasteiger partial charge in [0.1, 0.15) is 11.5 Å². The molecule has 0 aliphatic carbocycles. The van der Waals surface area contributed by atoms with Crippen LogP contribution in [0, 0.1) is 0 Å². The Morgan fingerprint density at radius 3 is 2.84 bits per heavy atom. The molecule has 98 valence electrons. The van der Waals surface area contributed by atoms with E-state index in [1.165, 1.54) is 12.4 Å². The van der Waals surface area contributed by atoms with E-state index < -0.39 is 0 Å². The van der Waals surface area contributed by atoms with Crippen molar-refractivity contribution in [1.29, 1.82) is 0 Å². The van der Waals surface area contributed by atoms with Crippen LogP contribution in [0.5, 0.6) is 0 Å². The van der Waals surface area contributed by atoms with Gasteiger partial charge >= 0.3 is 0 Å². The second-order valence-corrected chi connectivity index (χ2v) is 3.71. The highest BCUT2D eigenvalue weighted by Gasteiger charge is 2.07. The van der Waals surface area contributed by atoms with Crippen molar-refractivity contribution in [2.45, 2.75) is 13.5 Å². The molecule has 0 saturated carbocycles. The van der Waals surface area contributed by atoms with Gasteiger partial charge < -0.3 is 10.6 Å². The number of anilines is 1. The largest absolute Gasteiger partial charge is 0.369 e. The lowest BCUT2D eigenvalue weighted by molar-refractivity contribution is 0.0945. The second kappa shape index (κ2) is 6.39. The minimum atomic E-state index is -0.291. The smallest absolute Gasteiger partial charge is 0.271 e. The lowest BCUT2D eigenvalue weighted by Crippen LogP contribution is -2.24. The van der Waals surface area contributed by atoms with E-state index in [-0.39, 0.29) is 11.6 Å². The fourth-order valence-corrected chi connectivity index (χ4v) is 1.41. The van der Waals surface area contributed by atoms with E-state index in [1.54, 1.807) is 18.3 Å². The first-order valence-corrected chi connectivity index (χ1v) is 5.90. The molecule has 2 heterocycles. The zero-order valence-electron chi connectivity index (χ0n) is 10.5. The molecule has 0 aromatic carbocycles. The third-order valence-corrected chi connectivity index (χ3v) is 2.30. The minimum Gasteiger partial charge on any atom is -0.369 e. The number of rotatable bonds is 5. The van der Waals surface area contributed by atoms with Gasteiger partial charge in [0, 0.05) is 12.7 Å². The Balaban J connectivity index is 1.92. The van der Waals surface area contributed by atoms with E-state index in [2.05, 4.69) is 30.8 Å². The lowest BCUT2D eigenvalue weighted by atomic mass is 10.3. The molecule has 0 radical (unpaired) electrons. The molecule has 2 aromatic heterocycles. The van der Waals surface area contributed by atoms with Crippen LogP contribution in [0.4, 0.5) is 5.82 Å². The van der Waals surface area contributed by atoms with Crippen molar-refractivity contribution in [2.24, 2.45) is 0 Å². The Morgan fingerprint density at radius 2 is 2.21 bits per heavy atom. The molecule has 19 heavy (non-hydrogen) atoms. The summed E-state index contributed by atoms with van der Waals surface area (Å²) in [7, 11) is 0. The monoisotopic (exact) mass is 258 g/mol. The molecule has 0 unspecified atom stereocenters. The van der Waals surface area contributed by atoms with Crippen LogP contribution < -0.4 is 10.6 Å². The lowest BCUT2D eigenvalue weighted by Gasteiger charge is -2.04. The van der Waals surface area contributed by atoms with Crippen molar-refractivity contribution in [3.8, 4) is 0 Å². The van der Waals surface area contributed by atoms with Gasteiger partial charge in [-0.25, -0.2) is 9.97 Å². The van der Waals surface area contributed by atoms with Gasteiger partial charge in [-0.2, -0.15) is 10.2 Å². The molecule has 2 N–H and O–H groups in total. The third kappa shape index (κ3) is 3.70. The number of amides is 1. The summed E-state index contributed by atoms with van der Waals surface area (Å²) in [5.74, 6) is 0.356. The van der Waals surface area contributed by atoms with Gasteiger partial charge in [0.25, 0.3) is 5.91 Å². The fourth-order valence-electron chi connectivity index (χ4n) is 1.41. The summed E-state index contributed by atoms with van der Waals surface area (Å²) in [4.78, 5) is 19.9. The Kier molecular flexibility index (Phi) is 4.33. The van der Waals surface area contributed by atoms with Crippen LogP contribution in [0.2, 0.25) is 0 Å². The average Bonchev–Trinajstić information content (AvgIpc) is 2.47. The zero-order chi connectivity index (χ0) is 13.5. The average molecular weight is 258 g/mol. The standard InChI is InChI=1S/C12H14N6O/c1-2-13-11-8-14-10(7-15-11)12(19)16-6-9-4-3-5-17-18-9/h3-5,7-8H,2,6H2,1H3,(H,13,15)(H,16,19). The maximum atomic E-state index is 11.8. The molecule has 0 aliphatic rings. The number of carbonyl (C=O) groups excluding carboxylic acids is 1. The summed E-state index contributed by atoms with van der Waals surface area (Å²) >= 11 is 0. The zero-order valence-corrected chi connectivity index (χ0v) is 10.5. The van der Waals surface area contributed by atoms with Crippen LogP contribution in [0.1, 0.15) is 23.1 Å². The summed E-state index contributed by atoms with van der Waals surface area (Å²) in [5.41, 5.74) is 0.957. The molecule has 2 aromatic rings. The van der Waals surface area contributed by atoms with Crippen molar-refractivity contribution >= 4 is 11.7 Å². The van der Waals surface area contributed by atoms with Crippen LogP contribution in [-0.2, 0) is 6.54 Å². The van der Waals surface area contributed by atoms with Gasteiger partial charge in [0.15, 0.2) is 0 Å². The maximum Gasteiger partial charge on any atom is 0.271 e. The molecule has 0 fully saturated rings. The van der Waals surface area contributed by atoms with E-state index in [0.29, 0.717) is 18.1 Å². The number of hydrogen-bond acceptors (Lipinski definition) is 6. The number of hydrogen-bond donors (Lipinski definition) is 2. The fraction of sp³-hybridized carbons (Fsp3) is 0.250. The summed E-state index contributed by atoms with van der Waals surface area (Å²) in [6.45, 7) is 3.03. The number of nitrogens with one attached hydrogen (secondary N) is 2. The van der Waals surface area contributed by atoms with Crippen LogP contribution >= 0.6 is 0 Å². The van der Waals surface area contributed by atoms with Crippen LogP contribution in [0.15, 0.2) is 30.7 Å². The SMILES string of the molecule is CCNc1cnc(C(=O)NCc2cccnn2)cn1. The molecule has 0 aliphatic heterocycles. The highest BCUT2D eigenvalue weighted by atomic mass is 16.1. The maximum absolute atomic E-state index is 11.8. The Labute approximate surface area is 110 Å². The van der Waals surface area contributed by atoms with E-state index in [0.717, 1.165) is 6.54 Å². The highest BCUT2D eigenvalue weighted by Crippen LogP contribution is 2.00. The molecule has 0 bridgehead atoms. The Bertz CT molecular complexity index is 528. The molecule has 7 nitrogen and oxygen atoms in total.